The largest absolute Gasteiger partial charge is 0.507 e. The Morgan fingerprint density at radius 3 is 2.48 bits per heavy atom. The number of aliphatic carboxylic acids is 1. The summed E-state index contributed by atoms with van der Waals surface area (Å²) in [6.45, 7) is -0.413. The normalized spacial score (nSPS) is 10.4. The van der Waals surface area contributed by atoms with E-state index in [1.54, 1.807) is 36.4 Å². The van der Waals surface area contributed by atoms with Crippen molar-refractivity contribution < 1.29 is 24.5 Å². The first kappa shape index (κ1) is 16.0. The zero-order valence-corrected chi connectivity index (χ0v) is 12.0. The molecule has 2 aromatic carbocycles. The summed E-state index contributed by atoms with van der Waals surface area (Å²) in [5, 5.41) is 21.8. The van der Waals surface area contributed by atoms with E-state index in [4.69, 9.17) is 9.84 Å². The van der Waals surface area contributed by atoms with Crippen molar-refractivity contribution in [2.45, 2.75) is 0 Å². The monoisotopic (exact) mass is 314 g/mol. The van der Waals surface area contributed by atoms with Crippen molar-refractivity contribution in [1.29, 1.82) is 0 Å². The van der Waals surface area contributed by atoms with Gasteiger partial charge in [-0.3, -0.25) is 4.79 Å². The standard InChI is InChI=1S/C16H14N2O5/c19-14-4-2-1-3-13(14)16(22)18-17-9-11-5-7-12(8-6-11)23-10-15(20)21/h1-9,19H,10H2,(H,18,22)(H,20,21). The van der Waals surface area contributed by atoms with Crippen molar-refractivity contribution in [3.8, 4) is 11.5 Å². The van der Waals surface area contributed by atoms with E-state index < -0.39 is 18.5 Å². The molecule has 0 aromatic heterocycles. The van der Waals surface area contributed by atoms with Gasteiger partial charge in [-0.2, -0.15) is 5.10 Å². The van der Waals surface area contributed by atoms with Crippen molar-refractivity contribution in [2.75, 3.05) is 6.61 Å². The van der Waals surface area contributed by atoms with E-state index in [1.807, 2.05) is 0 Å². The molecule has 0 aliphatic heterocycles. The summed E-state index contributed by atoms with van der Waals surface area (Å²) in [7, 11) is 0. The highest BCUT2D eigenvalue weighted by molar-refractivity contribution is 5.97. The Morgan fingerprint density at radius 1 is 1.13 bits per heavy atom. The molecule has 118 valence electrons. The van der Waals surface area contributed by atoms with Crippen molar-refractivity contribution in [3.63, 3.8) is 0 Å². The summed E-state index contributed by atoms with van der Waals surface area (Å²) >= 11 is 0. The Morgan fingerprint density at radius 2 is 1.83 bits per heavy atom. The quantitative estimate of drug-likeness (QED) is 0.554. The fourth-order valence-electron chi connectivity index (χ4n) is 1.69. The molecule has 0 atom stereocenters. The Labute approximate surface area is 131 Å². The topological polar surface area (TPSA) is 108 Å². The minimum atomic E-state index is -1.05. The number of para-hydroxylation sites is 1. The predicted octanol–water partition coefficient (Wildman–Crippen LogP) is 1.62. The summed E-state index contributed by atoms with van der Waals surface area (Å²) < 4.78 is 4.99. The molecule has 0 saturated carbocycles. The number of carboxylic acid groups (broad SMARTS) is 1. The van der Waals surface area contributed by atoms with Gasteiger partial charge < -0.3 is 14.9 Å². The average Bonchev–Trinajstić information content (AvgIpc) is 2.54. The number of rotatable bonds is 6. The molecule has 2 aromatic rings. The number of phenolic OH excluding ortho intramolecular Hbond substituents is 1. The second-order valence-electron chi connectivity index (χ2n) is 4.47. The van der Waals surface area contributed by atoms with E-state index in [0.29, 0.717) is 11.3 Å². The first-order valence-corrected chi connectivity index (χ1v) is 6.62. The zero-order chi connectivity index (χ0) is 16.7. The molecular weight excluding hydrogens is 300 g/mol. The van der Waals surface area contributed by atoms with Gasteiger partial charge in [0.05, 0.1) is 11.8 Å². The lowest BCUT2D eigenvalue weighted by Crippen LogP contribution is -2.17. The third kappa shape index (κ3) is 4.85. The van der Waals surface area contributed by atoms with Gasteiger partial charge in [0.15, 0.2) is 6.61 Å². The molecule has 7 heteroatoms. The van der Waals surface area contributed by atoms with Gasteiger partial charge in [-0.1, -0.05) is 12.1 Å². The van der Waals surface area contributed by atoms with Crippen LogP contribution in [0.15, 0.2) is 53.6 Å². The highest BCUT2D eigenvalue weighted by Crippen LogP contribution is 2.15. The lowest BCUT2D eigenvalue weighted by Gasteiger charge is -2.03. The second-order valence-corrected chi connectivity index (χ2v) is 4.47. The Balaban J connectivity index is 1.92. The van der Waals surface area contributed by atoms with Crippen LogP contribution in [0.3, 0.4) is 0 Å². The summed E-state index contributed by atoms with van der Waals surface area (Å²) in [6, 6.07) is 12.6. The van der Waals surface area contributed by atoms with Crippen LogP contribution in [0.1, 0.15) is 15.9 Å². The van der Waals surface area contributed by atoms with Crippen molar-refractivity contribution in [1.82, 2.24) is 5.43 Å². The smallest absolute Gasteiger partial charge is 0.341 e. The van der Waals surface area contributed by atoms with Gasteiger partial charge in [-0.05, 0) is 42.0 Å². The van der Waals surface area contributed by atoms with Crippen LogP contribution in [0.5, 0.6) is 11.5 Å². The minimum absolute atomic E-state index is 0.125. The number of nitrogens with one attached hydrogen (secondary N) is 1. The van der Waals surface area contributed by atoms with Crippen LogP contribution in [-0.4, -0.2) is 34.9 Å². The molecule has 0 aliphatic rings. The van der Waals surface area contributed by atoms with Gasteiger partial charge in [0, 0.05) is 0 Å². The average molecular weight is 314 g/mol. The zero-order valence-electron chi connectivity index (χ0n) is 12.0. The van der Waals surface area contributed by atoms with Crippen molar-refractivity contribution in [3.05, 3.63) is 59.7 Å². The van der Waals surface area contributed by atoms with Crippen molar-refractivity contribution in [2.24, 2.45) is 5.10 Å². The van der Waals surface area contributed by atoms with E-state index in [9.17, 15) is 14.7 Å². The molecule has 1 amide bonds. The van der Waals surface area contributed by atoms with Crippen LogP contribution < -0.4 is 10.2 Å². The Kier molecular flexibility index (Phi) is 5.30. The van der Waals surface area contributed by atoms with Crippen LogP contribution in [0, 0.1) is 0 Å². The highest BCUT2D eigenvalue weighted by atomic mass is 16.5. The van der Waals surface area contributed by atoms with E-state index in [2.05, 4.69) is 10.5 Å². The van der Waals surface area contributed by atoms with Gasteiger partial charge in [-0.25, -0.2) is 10.2 Å². The molecule has 2 rings (SSSR count). The number of carboxylic acids is 1. The van der Waals surface area contributed by atoms with Crippen LogP contribution in [0.2, 0.25) is 0 Å². The van der Waals surface area contributed by atoms with Gasteiger partial charge in [0.2, 0.25) is 0 Å². The summed E-state index contributed by atoms with van der Waals surface area (Å²) in [5.74, 6) is -1.29. The van der Waals surface area contributed by atoms with E-state index in [-0.39, 0.29) is 11.3 Å². The molecule has 0 spiro atoms. The number of carbonyl (C=O) groups excluding carboxylic acids is 1. The van der Waals surface area contributed by atoms with Crippen LogP contribution >= 0.6 is 0 Å². The van der Waals surface area contributed by atoms with Crippen LogP contribution in [0.25, 0.3) is 0 Å². The summed E-state index contributed by atoms with van der Waals surface area (Å²) in [6.07, 6.45) is 1.42. The lowest BCUT2D eigenvalue weighted by atomic mass is 10.2. The number of hydrogen-bond donors (Lipinski definition) is 3. The molecule has 0 unspecified atom stereocenters. The third-order valence-corrected chi connectivity index (χ3v) is 2.77. The van der Waals surface area contributed by atoms with Gasteiger partial charge in [0.1, 0.15) is 11.5 Å². The molecular formula is C16H14N2O5. The number of nitrogens with zero attached hydrogens (tertiary/aromatic N) is 1. The fourth-order valence-corrected chi connectivity index (χ4v) is 1.69. The van der Waals surface area contributed by atoms with E-state index in [1.165, 1.54) is 18.3 Å². The van der Waals surface area contributed by atoms with E-state index in [0.717, 1.165) is 0 Å². The molecule has 0 bridgehead atoms. The number of amides is 1. The molecule has 23 heavy (non-hydrogen) atoms. The molecule has 0 aliphatic carbocycles. The van der Waals surface area contributed by atoms with Gasteiger partial charge in [-0.15, -0.1) is 0 Å². The molecule has 0 saturated heterocycles. The molecule has 3 N–H and O–H groups in total. The number of benzene rings is 2. The Hall–Kier alpha value is -3.35. The highest BCUT2D eigenvalue weighted by Gasteiger charge is 2.08. The molecule has 0 radical (unpaired) electrons. The van der Waals surface area contributed by atoms with Crippen LogP contribution in [-0.2, 0) is 4.79 Å². The maximum absolute atomic E-state index is 11.8. The van der Waals surface area contributed by atoms with Gasteiger partial charge in [0.25, 0.3) is 5.91 Å². The van der Waals surface area contributed by atoms with E-state index >= 15 is 0 Å². The SMILES string of the molecule is O=C(O)COc1ccc(C=NNC(=O)c2ccccc2O)cc1. The predicted molar refractivity (Wildman–Crippen MR) is 82.7 cm³/mol. The van der Waals surface area contributed by atoms with Crippen molar-refractivity contribution >= 4 is 18.1 Å². The summed E-state index contributed by atoms with van der Waals surface area (Å²) in [4.78, 5) is 22.2. The summed E-state index contributed by atoms with van der Waals surface area (Å²) in [5.41, 5.74) is 3.12. The molecule has 7 nitrogen and oxygen atoms in total. The first-order chi connectivity index (χ1) is 11.1. The molecule has 0 heterocycles. The number of aromatic hydroxyl groups is 1. The maximum Gasteiger partial charge on any atom is 0.341 e. The van der Waals surface area contributed by atoms with Crippen LogP contribution in [0.4, 0.5) is 0 Å². The van der Waals surface area contributed by atoms with Gasteiger partial charge >= 0.3 is 5.97 Å². The second kappa shape index (κ2) is 7.60. The number of hydrogen-bond acceptors (Lipinski definition) is 5. The number of phenols is 1. The first-order valence-electron chi connectivity index (χ1n) is 6.62. The maximum atomic E-state index is 11.8. The number of carbonyl (C=O) groups is 2. The fraction of sp³-hybridized carbons (Fsp3) is 0.0625. The molecule has 0 fully saturated rings. The lowest BCUT2D eigenvalue weighted by molar-refractivity contribution is -0.139. The third-order valence-electron chi connectivity index (χ3n) is 2.77. The number of ether oxygens (including phenoxy) is 1. The Bertz CT molecular complexity index is 726. The number of hydrazone groups is 1. The minimum Gasteiger partial charge on any atom is -0.507 e.